The molecule has 0 N–H and O–H groups in total. The van der Waals surface area contributed by atoms with Crippen LogP contribution in [0.3, 0.4) is 0 Å². The number of pyridine rings is 1. The first-order chi connectivity index (χ1) is 40.1. The zero-order chi connectivity index (χ0) is 58.9. The van der Waals surface area contributed by atoms with Gasteiger partial charge in [0.25, 0.3) is 0 Å². The fourth-order valence-corrected chi connectivity index (χ4v) is 12.2. The summed E-state index contributed by atoms with van der Waals surface area (Å²) in [4.78, 5) is 4.94. The van der Waals surface area contributed by atoms with E-state index in [1.165, 1.54) is 5.56 Å². The number of benzene rings is 9. The molecule has 0 aliphatic rings. The summed E-state index contributed by atoms with van der Waals surface area (Å²) in [6, 6.07) is 58.6. The summed E-state index contributed by atoms with van der Waals surface area (Å²) in [5.41, 5.74) is 13.5. The van der Waals surface area contributed by atoms with Gasteiger partial charge in [-0.1, -0.05) is 32.9 Å². The molecule has 0 aliphatic heterocycles. The SMILES string of the molecule is [2H]c1c([2H])c([2H])c(-c2cccc(-c3cc(C(C)(C)C)cc(C(C)(C)C)c3)c2-n2[c](=[Pt])n3c4cc(Oc5ccc6c7ccccc7n(-c7cc(C(C)(C)C)ccn7)c6c5)ccc4oc4c(-c5ccccc5)cccc4c4cccc2c43)c([2H])c1[2H]. The van der Waals surface area contributed by atoms with Gasteiger partial charge in [0.1, 0.15) is 0 Å². The van der Waals surface area contributed by atoms with Gasteiger partial charge in [0.05, 0.1) is 0 Å². The number of para-hydroxylation sites is 4. The quantitative estimate of drug-likeness (QED) is 0.160. The van der Waals surface area contributed by atoms with Crippen molar-refractivity contribution in [1.29, 1.82) is 0 Å². The van der Waals surface area contributed by atoms with Crippen LogP contribution < -0.4 is 4.74 Å². The number of fused-ring (bicyclic) bond motifs is 7. The Morgan fingerprint density at radius 2 is 1.06 bits per heavy atom. The Morgan fingerprint density at radius 3 is 1.80 bits per heavy atom. The fourth-order valence-electron chi connectivity index (χ4n) is 11.2. The molecule has 9 aromatic carbocycles. The van der Waals surface area contributed by atoms with Gasteiger partial charge in [-0.25, -0.2) is 0 Å². The molecule has 392 valence electrons. The van der Waals surface area contributed by atoms with Crippen molar-refractivity contribution < 1.29 is 35.4 Å². The normalized spacial score (nSPS) is 13.3. The number of rotatable bonds is 7. The second kappa shape index (κ2) is 19.0. The summed E-state index contributed by atoms with van der Waals surface area (Å²) in [7, 11) is 0. The predicted octanol–water partition coefficient (Wildman–Crippen LogP) is 19.6. The summed E-state index contributed by atoms with van der Waals surface area (Å²) in [6.07, 6.45) is 1.89. The van der Waals surface area contributed by atoms with Crippen molar-refractivity contribution in [2.45, 2.75) is 78.6 Å². The van der Waals surface area contributed by atoms with Crippen LogP contribution in [0.4, 0.5) is 0 Å². The molecule has 4 heterocycles. The number of hydrogen-bond acceptors (Lipinski definition) is 3. The molecule has 0 bridgehead atoms. The van der Waals surface area contributed by atoms with E-state index in [0.717, 1.165) is 86.6 Å². The first-order valence-electron chi connectivity index (χ1n) is 29.3. The Kier molecular flexibility index (Phi) is 10.7. The van der Waals surface area contributed by atoms with Crippen molar-refractivity contribution in [2.75, 3.05) is 0 Å². The molecule has 0 saturated carbocycles. The number of nitrogens with zero attached hydrogens (tertiary/aromatic N) is 4. The zero-order valence-corrected chi connectivity index (χ0v) is 48.0. The monoisotopic (exact) mass is 1210 g/mol. The predicted molar refractivity (Wildman–Crippen MR) is 325 cm³/mol. The van der Waals surface area contributed by atoms with Crippen molar-refractivity contribution >= 4 is 60.3 Å². The maximum atomic E-state index is 9.52. The topological polar surface area (TPSA) is 49.5 Å². The van der Waals surface area contributed by atoms with E-state index in [9.17, 15) is 2.74 Å². The van der Waals surface area contributed by atoms with Gasteiger partial charge in [-0.2, -0.15) is 0 Å². The van der Waals surface area contributed by atoms with Gasteiger partial charge >= 0.3 is 426 Å². The Balaban J connectivity index is 1.14. The van der Waals surface area contributed by atoms with E-state index in [1.54, 1.807) is 0 Å². The van der Waals surface area contributed by atoms with Crippen LogP contribution >= 0.6 is 0 Å². The molecule has 0 saturated heterocycles. The molecule has 0 radical (unpaired) electrons. The number of hydrogen-bond donors (Lipinski definition) is 0. The molecule has 0 amide bonds. The van der Waals surface area contributed by atoms with Crippen LogP contribution in [0.15, 0.2) is 217 Å². The summed E-state index contributed by atoms with van der Waals surface area (Å²) < 4.78 is 67.5. The third kappa shape index (κ3) is 8.78. The number of imidazole rings is 1. The van der Waals surface area contributed by atoms with Gasteiger partial charge in [0, 0.05) is 6.20 Å². The second-order valence-corrected chi connectivity index (χ2v) is 24.7. The summed E-state index contributed by atoms with van der Waals surface area (Å²) in [5.74, 6) is 2.03. The van der Waals surface area contributed by atoms with E-state index in [1.807, 2.05) is 60.8 Å². The molecule has 13 rings (SSSR count). The van der Waals surface area contributed by atoms with Crippen LogP contribution in [-0.4, -0.2) is 18.5 Å². The van der Waals surface area contributed by atoms with Crippen LogP contribution in [0.25, 0.3) is 105 Å². The summed E-state index contributed by atoms with van der Waals surface area (Å²) in [6.45, 7) is 20.0. The van der Waals surface area contributed by atoms with Gasteiger partial charge in [-0.15, -0.1) is 0 Å². The van der Waals surface area contributed by atoms with Crippen molar-refractivity contribution in [2.24, 2.45) is 0 Å². The molecule has 0 spiro atoms. The molecule has 0 unspecified atom stereocenters. The van der Waals surface area contributed by atoms with Crippen LogP contribution in [0.1, 0.15) is 85.9 Å². The Hall–Kier alpha value is -8.31. The third-order valence-electron chi connectivity index (χ3n) is 15.3. The van der Waals surface area contributed by atoms with Crippen LogP contribution in [0, 0.1) is 3.80 Å². The fraction of sp³-hybridized carbons (Fsp3) is 0.167. The molecule has 13 aromatic rings. The summed E-state index contributed by atoms with van der Waals surface area (Å²) >= 11 is 2.40. The molecule has 0 aliphatic carbocycles. The molecule has 79 heavy (non-hydrogen) atoms. The second-order valence-electron chi connectivity index (χ2n) is 23.7. The third-order valence-corrected chi connectivity index (χ3v) is 16.3. The van der Waals surface area contributed by atoms with Crippen molar-refractivity contribution in [3.05, 3.63) is 233 Å². The Labute approximate surface area is 479 Å². The molecule has 0 atom stereocenters. The van der Waals surface area contributed by atoms with E-state index in [0.29, 0.717) is 39.4 Å². The average Bonchev–Trinajstić information content (AvgIpc) is 1.83. The first-order valence-corrected chi connectivity index (χ1v) is 28.0. The van der Waals surface area contributed by atoms with Gasteiger partial charge in [0.15, 0.2) is 0 Å². The molecular weight excluding hydrogens is 1150 g/mol. The summed E-state index contributed by atoms with van der Waals surface area (Å²) in [5, 5.41) is 3.98. The number of ether oxygens (including phenoxy) is 1. The Morgan fingerprint density at radius 1 is 0.468 bits per heavy atom. The van der Waals surface area contributed by atoms with E-state index in [2.05, 4.69) is 217 Å². The van der Waals surface area contributed by atoms with Crippen LogP contribution in [0.5, 0.6) is 11.5 Å². The van der Waals surface area contributed by atoms with Crippen LogP contribution in [-0.2, 0) is 35.6 Å². The van der Waals surface area contributed by atoms with E-state index < -0.39 is 18.1 Å². The van der Waals surface area contributed by atoms with Crippen molar-refractivity contribution in [3.63, 3.8) is 0 Å². The Bertz CT molecular complexity index is 4910. The van der Waals surface area contributed by atoms with E-state index >= 15 is 0 Å². The molecule has 7 heteroatoms. The zero-order valence-electron chi connectivity index (χ0n) is 50.7. The van der Waals surface area contributed by atoms with Crippen LogP contribution in [0.2, 0.25) is 0 Å². The van der Waals surface area contributed by atoms with E-state index in [-0.39, 0.29) is 33.9 Å². The molecular formula is C72H62N4O2Pt. The maximum absolute atomic E-state index is 9.52. The van der Waals surface area contributed by atoms with E-state index in [4.69, 9.17) is 18.3 Å². The molecule has 0 fully saturated rings. The molecule has 4 aromatic heterocycles. The first kappa shape index (κ1) is 44.6. The minimum atomic E-state index is -0.450. The van der Waals surface area contributed by atoms with Crippen molar-refractivity contribution in [1.82, 2.24) is 18.5 Å². The molecule has 6 nitrogen and oxygen atoms in total. The van der Waals surface area contributed by atoms with Gasteiger partial charge in [-0.05, 0) is 17.0 Å². The standard InChI is InChI=1S/C72H62N4O2.Pt/c1-70(2,3)49-37-38-73-66(42-49)76-61-31-17-16-25-57(61)58-35-33-52(43-63(58)76)77-53-34-36-65-64(44-53)75-45-74(62-32-20-29-59(68(62)75)60-30-19-28-56(69(60)78-65)47-23-14-11-15-24-47)67-54(46-21-12-10-13-22-46)26-18-27-55(67)48-39-50(71(4,5)6)41-51(40-48)72(7,8)9;/h10-44H,1-9H3;/i10D,12D,13D,21D,22D;. The average molecular weight is 1220 g/mol. The van der Waals surface area contributed by atoms with Gasteiger partial charge < -0.3 is 0 Å². The van der Waals surface area contributed by atoms with Crippen molar-refractivity contribution in [3.8, 4) is 56.4 Å². The van der Waals surface area contributed by atoms with Gasteiger partial charge in [0.2, 0.25) is 0 Å². The number of aromatic nitrogens is 4. The minimum absolute atomic E-state index is 0.0862. The van der Waals surface area contributed by atoms with Gasteiger partial charge in [-0.3, -0.25) is 0 Å².